The molecule has 2 aliphatic rings. The van der Waals surface area contributed by atoms with Crippen LogP contribution >= 0.6 is 0 Å². The van der Waals surface area contributed by atoms with Crippen LogP contribution < -0.4 is 10.1 Å². The van der Waals surface area contributed by atoms with Gasteiger partial charge in [-0.15, -0.1) is 0 Å². The number of nitrogens with one attached hydrogen (secondary N) is 1. The summed E-state index contributed by atoms with van der Waals surface area (Å²) < 4.78 is 28.1. The molecule has 8 heteroatoms. The van der Waals surface area contributed by atoms with Crippen molar-refractivity contribution >= 4 is 12.1 Å². The zero-order valence-corrected chi connectivity index (χ0v) is 19.7. The lowest BCUT2D eigenvalue weighted by Gasteiger charge is -2.35. The molecule has 1 aromatic rings. The molecule has 1 heterocycles. The molecule has 3 rings (SSSR count). The van der Waals surface area contributed by atoms with Gasteiger partial charge in [0.05, 0.1) is 26.4 Å². The molecular weight excluding hydrogens is 414 g/mol. The molecule has 1 aliphatic carbocycles. The number of hydrogen-bond acceptors (Lipinski definition) is 7. The minimum absolute atomic E-state index is 0.00789. The zero-order valence-electron chi connectivity index (χ0n) is 19.7. The van der Waals surface area contributed by atoms with E-state index in [0.717, 1.165) is 31.2 Å². The van der Waals surface area contributed by atoms with Crippen LogP contribution in [-0.2, 0) is 18.9 Å². The number of rotatable bonds is 6. The van der Waals surface area contributed by atoms with Crippen LogP contribution in [0.2, 0.25) is 0 Å². The predicted molar refractivity (Wildman–Crippen MR) is 118 cm³/mol. The fourth-order valence-corrected chi connectivity index (χ4v) is 4.00. The molecular formula is C24H35NO7. The van der Waals surface area contributed by atoms with Crippen LogP contribution in [0, 0.1) is 0 Å². The second-order valence-corrected chi connectivity index (χ2v) is 9.46. The Balaban J connectivity index is 1.66. The molecule has 178 valence electrons. The molecule has 0 bridgehead atoms. The van der Waals surface area contributed by atoms with Crippen LogP contribution in [0.15, 0.2) is 18.2 Å². The maximum absolute atomic E-state index is 12.3. The molecule has 1 atom stereocenters. The summed E-state index contributed by atoms with van der Waals surface area (Å²) >= 11 is 0. The number of esters is 1. The first-order valence-corrected chi connectivity index (χ1v) is 11.2. The van der Waals surface area contributed by atoms with Crippen molar-refractivity contribution in [2.75, 3.05) is 26.9 Å². The number of carbonyl (C=O) groups is 2. The molecule has 32 heavy (non-hydrogen) atoms. The predicted octanol–water partition coefficient (Wildman–Crippen LogP) is 4.17. The Morgan fingerprint density at radius 2 is 1.84 bits per heavy atom. The number of alkyl carbamates (subject to hydrolysis) is 1. The number of ether oxygens (including phenoxy) is 5. The molecule has 1 amide bonds. The van der Waals surface area contributed by atoms with E-state index in [-0.39, 0.29) is 12.0 Å². The van der Waals surface area contributed by atoms with E-state index in [4.69, 9.17) is 23.7 Å². The number of methoxy groups -OCH3 is 1. The van der Waals surface area contributed by atoms with Gasteiger partial charge in [-0.3, -0.25) is 0 Å². The Labute approximate surface area is 189 Å². The van der Waals surface area contributed by atoms with Crippen molar-refractivity contribution in [3.63, 3.8) is 0 Å². The SMILES string of the molecule is COC(=O)c1ccc(C(C)CNC(=O)OC(C)(C)C)cc1OC1CCC2(CC1)OCCO2. The molecule has 1 N–H and O–H groups in total. The summed E-state index contributed by atoms with van der Waals surface area (Å²) in [6, 6.07) is 5.44. The van der Waals surface area contributed by atoms with Gasteiger partial charge in [0.1, 0.15) is 16.9 Å². The third-order valence-electron chi connectivity index (χ3n) is 5.73. The van der Waals surface area contributed by atoms with Gasteiger partial charge in [-0.1, -0.05) is 13.0 Å². The smallest absolute Gasteiger partial charge is 0.407 e. The normalized spacial score (nSPS) is 19.4. The van der Waals surface area contributed by atoms with Crippen molar-refractivity contribution in [2.24, 2.45) is 0 Å². The average molecular weight is 450 g/mol. The van der Waals surface area contributed by atoms with Gasteiger partial charge in [0.25, 0.3) is 0 Å². The van der Waals surface area contributed by atoms with E-state index in [2.05, 4.69) is 5.32 Å². The van der Waals surface area contributed by atoms with Gasteiger partial charge in [0, 0.05) is 19.4 Å². The Kier molecular flexibility index (Phi) is 7.67. The third kappa shape index (κ3) is 6.36. The van der Waals surface area contributed by atoms with Gasteiger partial charge in [0.15, 0.2) is 5.79 Å². The summed E-state index contributed by atoms with van der Waals surface area (Å²) in [6.07, 6.45) is 2.59. The highest BCUT2D eigenvalue weighted by Crippen LogP contribution is 2.38. The number of hydrogen-bond donors (Lipinski definition) is 1. The highest BCUT2D eigenvalue weighted by atomic mass is 16.7. The van der Waals surface area contributed by atoms with E-state index < -0.39 is 23.5 Å². The van der Waals surface area contributed by atoms with Crippen LogP contribution in [0.5, 0.6) is 5.75 Å². The van der Waals surface area contributed by atoms with Crippen LogP contribution in [0.25, 0.3) is 0 Å². The molecule has 0 radical (unpaired) electrons. The first-order chi connectivity index (χ1) is 15.1. The van der Waals surface area contributed by atoms with Gasteiger partial charge in [-0.25, -0.2) is 9.59 Å². The van der Waals surface area contributed by atoms with E-state index in [1.807, 2.05) is 39.8 Å². The molecule has 1 aliphatic heterocycles. The van der Waals surface area contributed by atoms with Crippen LogP contribution in [0.3, 0.4) is 0 Å². The summed E-state index contributed by atoms with van der Waals surface area (Å²) in [4.78, 5) is 24.3. The van der Waals surface area contributed by atoms with Crippen molar-refractivity contribution < 1.29 is 33.3 Å². The summed E-state index contributed by atoms with van der Waals surface area (Å²) in [5, 5.41) is 2.79. The zero-order chi connectivity index (χ0) is 23.4. The van der Waals surface area contributed by atoms with Crippen molar-refractivity contribution in [2.45, 2.75) is 76.8 Å². The summed E-state index contributed by atoms with van der Waals surface area (Å²) in [5.74, 6) is -0.422. The number of carbonyl (C=O) groups excluding carboxylic acids is 2. The second kappa shape index (κ2) is 10.1. The summed E-state index contributed by atoms with van der Waals surface area (Å²) in [7, 11) is 1.35. The van der Waals surface area contributed by atoms with Crippen molar-refractivity contribution in [3.8, 4) is 5.75 Å². The van der Waals surface area contributed by atoms with Gasteiger partial charge in [-0.05, 0) is 57.2 Å². The highest BCUT2D eigenvalue weighted by molar-refractivity contribution is 5.92. The molecule has 1 unspecified atom stereocenters. The fourth-order valence-electron chi connectivity index (χ4n) is 4.00. The molecule has 1 saturated carbocycles. The minimum atomic E-state index is -0.552. The Morgan fingerprint density at radius 3 is 2.44 bits per heavy atom. The Hall–Kier alpha value is -2.32. The maximum atomic E-state index is 12.3. The van der Waals surface area contributed by atoms with Crippen molar-refractivity contribution in [3.05, 3.63) is 29.3 Å². The molecule has 8 nitrogen and oxygen atoms in total. The fraction of sp³-hybridized carbons (Fsp3) is 0.667. The second-order valence-electron chi connectivity index (χ2n) is 9.46. The van der Waals surface area contributed by atoms with Gasteiger partial charge >= 0.3 is 12.1 Å². The van der Waals surface area contributed by atoms with Crippen molar-refractivity contribution in [1.82, 2.24) is 5.32 Å². The standard InChI is InChI=1S/C24H35NO7/c1-16(15-25-22(27)32-23(2,3)4)17-6-7-19(21(26)28-5)20(14-17)31-18-8-10-24(11-9-18)29-12-13-30-24/h6-7,14,16,18H,8-13,15H2,1-5H3,(H,25,27). The van der Waals surface area contributed by atoms with Crippen LogP contribution in [-0.4, -0.2) is 56.4 Å². The monoisotopic (exact) mass is 449 g/mol. The molecule has 1 aromatic carbocycles. The van der Waals surface area contributed by atoms with Crippen LogP contribution in [0.1, 0.15) is 75.2 Å². The lowest BCUT2D eigenvalue weighted by atomic mass is 9.91. The summed E-state index contributed by atoms with van der Waals surface area (Å²) in [6.45, 7) is 9.13. The number of amides is 1. The number of benzene rings is 1. The minimum Gasteiger partial charge on any atom is -0.490 e. The van der Waals surface area contributed by atoms with Gasteiger partial charge in [-0.2, -0.15) is 0 Å². The van der Waals surface area contributed by atoms with E-state index in [9.17, 15) is 9.59 Å². The molecule has 2 fully saturated rings. The van der Waals surface area contributed by atoms with Gasteiger partial charge < -0.3 is 29.0 Å². The quantitative estimate of drug-likeness (QED) is 0.652. The topological polar surface area (TPSA) is 92.3 Å². The lowest BCUT2D eigenvalue weighted by molar-refractivity contribution is -0.186. The van der Waals surface area contributed by atoms with E-state index in [0.29, 0.717) is 31.1 Å². The van der Waals surface area contributed by atoms with Crippen molar-refractivity contribution in [1.29, 1.82) is 0 Å². The van der Waals surface area contributed by atoms with Crippen LogP contribution in [0.4, 0.5) is 4.79 Å². The summed E-state index contributed by atoms with van der Waals surface area (Å²) in [5.41, 5.74) is 0.777. The highest BCUT2D eigenvalue weighted by Gasteiger charge is 2.41. The molecule has 1 saturated heterocycles. The lowest BCUT2D eigenvalue weighted by Crippen LogP contribution is -2.38. The third-order valence-corrected chi connectivity index (χ3v) is 5.73. The average Bonchev–Trinajstić information content (AvgIpc) is 3.20. The van der Waals surface area contributed by atoms with E-state index in [1.165, 1.54) is 7.11 Å². The maximum Gasteiger partial charge on any atom is 0.407 e. The first-order valence-electron chi connectivity index (χ1n) is 11.2. The first kappa shape index (κ1) is 24.3. The Bertz CT molecular complexity index is 801. The van der Waals surface area contributed by atoms with E-state index >= 15 is 0 Å². The largest absolute Gasteiger partial charge is 0.490 e. The van der Waals surface area contributed by atoms with Gasteiger partial charge in [0.2, 0.25) is 0 Å². The van der Waals surface area contributed by atoms with E-state index in [1.54, 1.807) is 6.07 Å². The Morgan fingerprint density at radius 1 is 1.19 bits per heavy atom. The molecule has 1 spiro atoms. The molecule has 0 aromatic heterocycles.